The smallest absolute Gasteiger partial charge is 0.306 e. The molecule has 68 heavy (non-hydrogen) atoms. The van der Waals surface area contributed by atoms with Crippen LogP contribution in [0, 0.1) is 5.92 Å². The SMILES string of the molecule is CCCCCCCCCCCCCCCCCCCCCC(=O)OC[C@H](COC(=O)CCCCCCCCCCCCCCCC(C)C)OC(=O)CCCCCCCCCCCCCCCCC. The van der Waals surface area contributed by atoms with Crippen LogP contribution in [0.3, 0.4) is 0 Å². The molecule has 0 amide bonds. The zero-order valence-corrected chi connectivity index (χ0v) is 46.6. The largest absolute Gasteiger partial charge is 0.462 e. The summed E-state index contributed by atoms with van der Waals surface area (Å²) in [6.07, 6.45) is 62.4. The van der Waals surface area contributed by atoms with Gasteiger partial charge in [-0.05, 0) is 25.2 Å². The topological polar surface area (TPSA) is 78.9 Å². The first-order valence-corrected chi connectivity index (χ1v) is 30.9. The average molecular weight is 962 g/mol. The molecule has 0 rings (SSSR count). The molecule has 0 aliphatic carbocycles. The van der Waals surface area contributed by atoms with Crippen molar-refractivity contribution in [2.24, 2.45) is 5.92 Å². The van der Waals surface area contributed by atoms with Gasteiger partial charge in [0.05, 0.1) is 0 Å². The summed E-state index contributed by atoms with van der Waals surface area (Å²) >= 11 is 0. The molecule has 0 aliphatic heterocycles. The summed E-state index contributed by atoms with van der Waals surface area (Å²) in [7, 11) is 0. The van der Waals surface area contributed by atoms with Crippen molar-refractivity contribution in [3.63, 3.8) is 0 Å². The number of ether oxygens (including phenoxy) is 3. The second-order valence-electron chi connectivity index (χ2n) is 21.8. The van der Waals surface area contributed by atoms with Crippen molar-refractivity contribution in [3.05, 3.63) is 0 Å². The third kappa shape index (κ3) is 55.3. The second kappa shape index (κ2) is 56.3. The number of unbranched alkanes of at least 4 members (excludes halogenated alkanes) is 44. The van der Waals surface area contributed by atoms with Crippen molar-refractivity contribution in [2.45, 2.75) is 361 Å². The van der Waals surface area contributed by atoms with Gasteiger partial charge in [0.2, 0.25) is 0 Å². The van der Waals surface area contributed by atoms with E-state index in [2.05, 4.69) is 27.7 Å². The molecule has 0 heterocycles. The van der Waals surface area contributed by atoms with Gasteiger partial charge in [-0.2, -0.15) is 0 Å². The van der Waals surface area contributed by atoms with E-state index in [0.717, 1.165) is 63.7 Å². The van der Waals surface area contributed by atoms with Crippen LogP contribution in [0.25, 0.3) is 0 Å². The highest BCUT2D eigenvalue weighted by molar-refractivity contribution is 5.71. The molecule has 0 fully saturated rings. The highest BCUT2D eigenvalue weighted by Crippen LogP contribution is 2.18. The number of esters is 3. The summed E-state index contributed by atoms with van der Waals surface area (Å²) in [5.74, 6) is 0.00940. The Balaban J connectivity index is 4.27. The Morgan fingerprint density at radius 3 is 0.721 bits per heavy atom. The zero-order valence-electron chi connectivity index (χ0n) is 46.6. The second-order valence-corrected chi connectivity index (χ2v) is 21.8. The van der Waals surface area contributed by atoms with Gasteiger partial charge in [0, 0.05) is 19.3 Å². The number of hydrogen-bond acceptors (Lipinski definition) is 6. The van der Waals surface area contributed by atoms with Crippen LogP contribution in [0.2, 0.25) is 0 Å². The highest BCUT2D eigenvalue weighted by Gasteiger charge is 2.19. The Morgan fingerprint density at radius 1 is 0.279 bits per heavy atom. The lowest BCUT2D eigenvalue weighted by molar-refractivity contribution is -0.167. The summed E-state index contributed by atoms with van der Waals surface area (Å²) in [5, 5.41) is 0. The molecule has 0 aromatic heterocycles. The third-order valence-corrected chi connectivity index (χ3v) is 14.3. The van der Waals surface area contributed by atoms with Gasteiger partial charge in [-0.3, -0.25) is 14.4 Å². The molecule has 0 radical (unpaired) electrons. The van der Waals surface area contributed by atoms with Crippen LogP contribution in [0.5, 0.6) is 0 Å². The molecule has 0 bridgehead atoms. The monoisotopic (exact) mass is 961 g/mol. The van der Waals surface area contributed by atoms with Crippen LogP contribution in [-0.2, 0) is 28.6 Å². The van der Waals surface area contributed by atoms with E-state index in [0.29, 0.717) is 19.3 Å². The maximum atomic E-state index is 12.9. The molecule has 0 spiro atoms. The van der Waals surface area contributed by atoms with E-state index in [9.17, 15) is 14.4 Å². The van der Waals surface area contributed by atoms with E-state index in [1.807, 2.05) is 0 Å². The van der Waals surface area contributed by atoms with Crippen molar-refractivity contribution < 1.29 is 28.6 Å². The number of rotatable bonds is 57. The molecule has 404 valence electrons. The Morgan fingerprint density at radius 2 is 0.485 bits per heavy atom. The molecular formula is C62H120O6. The van der Waals surface area contributed by atoms with E-state index in [1.54, 1.807) is 0 Å². The van der Waals surface area contributed by atoms with Crippen molar-refractivity contribution in [2.75, 3.05) is 13.2 Å². The van der Waals surface area contributed by atoms with Crippen LogP contribution in [-0.4, -0.2) is 37.2 Å². The minimum absolute atomic E-state index is 0.0614. The fraction of sp³-hybridized carbons (Fsp3) is 0.952. The fourth-order valence-corrected chi connectivity index (χ4v) is 9.63. The molecule has 1 atom stereocenters. The van der Waals surface area contributed by atoms with Crippen LogP contribution in [0.4, 0.5) is 0 Å². The van der Waals surface area contributed by atoms with E-state index in [4.69, 9.17) is 14.2 Å². The predicted octanol–water partition coefficient (Wildman–Crippen LogP) is 20.6. The first-order valence-electron chi connectivity index (χ1n) is 30.9. The van der Waals surface area contributed by atoms with Crippen molar-refractivity contribution in [3.8, 4) is 0 Å². The van der Waals surface area contributed by atoms with E-state index in [1.165, 1.54) is 250 Å². The lowest BCUT2D eigenvalue weighted by atomic mass is 10.0. The number of hydrogen-bond donors (Lipinski definition) is 0. The maximum Gasteiger partial charge on any atom is 0.306 e. The number of carbonyl (C=O) groups excluding carboxylic acids is 3. The Kier molecular flexibility index (Phi) is 55.0. The standard InChI is InChI=1S/C62H120O6/c1-5-7-9-11-13-15-17-19-21-22-23-24-26-29-33-37-41-45-49-53-60(63)66-56-59(68-62(65)55-51-47-43-39-35-30-25-20-18-16-14-12-10-8-6-2)57-67-61(64)54-50-46-42-38-34-31-27-28-32-36-40-44-48-52-58(3)4/h58-59H,5-57H2,1-4H3/t59-/m1/s1. The molecule has 0 aromatic carbocycles. The van der Waals surface area contributed by atoms with Crippen LogP contribution in [0.1, 0.15) is 355 Å². The molecule has 6 heteroatoms. The van der Waals surface area contributed by atoms with Crippen LogP contribution < -0.4 is 0 Å². The minimum atomic E-state index is -0.762. The van der Waals surface area contributed by atoms with Crippen molar-refractivity contribution in [1.82, 2.24) is 0 Å². The summed E-state index contributed by atoms with van der Waals surface area (Å²) in [6, 6.07) is 0. The average Bonchev–Trinajstić information content (AvgIpc) is 3.32. The van der Waals surface area contributed by atoms with Gasteiger partial charge in [0.1, 0.15) is 13.2 Å². The summed E-state index contributed by atoms with van der Waals surface area (Å²) < 4.78 is 16.9. The molecule has 0 aromatic rings. The first-order chi connectivity index (χ1) is 33.4. The lowest BCUT2D eigenvalue weighted by Crippen LogP contribution is -2.30. The molecule has 0 saturated heterocycles. The molecule has 0 aliphatic rings. The Bertz CT molecular complexity index is 1030. The predicted molar refractivity (Wildman–Crippen MR) is 293 cm³/mol. The zero-order chi connectivity index (χ0) is 49.5. The maximum absolute atomic E-state index is 12.9. The minimum Gasteiger partial charge on any atom is -0.462 e. The fourth-order valence-electron chi connectivity index (χ4n) is 9.63. The Labute approximate surface area is 425 Å². The molecular weight excluding hydrogens is 841 g/mol. The quantitative estimate of drug-likeness (QED) is 0.0343. The summed E-state index contributed by atoms with van der Waals surface area (Å²) in [5.41, 5.74) is 0. The molecule has 6 nitrogen and oxygen atoms in total. The van der Waals surface area contributed by atoms with Crippen molar-refractivity contribution in [1.29, 1.82) is 0 Å². The van der Waals surface area contributed by atoms with Crippen LogP contribution in [0.15, 0.2) is 0 Å². The highest BCUT2D eigenvalue weighted by atomic mass is 16.6. The van der Waals surface area contributed by atoms with Gasteiger partial charge in [-0.25, -0.2) is 0 Å². The van der Waals surface area contributed by atoms with Gasteiger partial charge < -0.3 is 14.2 Å². The number of carbonyl (C=O) groups is 3. The van der Waals surface area contributed by atoms with Crippen molar-refractivity contribution >= 4 is 17.9 Å². The summed E-state index contributed by atoms with van der Waals surface area (Å²) in [6.45, 7) is 9.08. The Hall–Kier alpha value is -1.59. The first kappa shape index (κ1) is 66.4. The van der Waals surface area contributed by atoms with Gasteiger partial charge in [0.15, 0.2) is 6.10 Å². The molecule has 0 saturated carbocycles. The third-order valence-electron chi connectivity index (χ3n) is 14.3. The molecule has 0 N–H and O–H groups in total. The lowest BCUT2D eigenvalue weighted by Gasteiger charge is -2.18. The van der Waals surface area contributed by atoms with Gasteiger partial charge in [-0.1, -0.05) is 317 Å². The van der Waals surface area contributed by atoms with E-state index in [-0.39, 0.29) is 31.1 Å². The normalized spacial score (nSPS) is 12.0. The van der Waals surface area contributed by atoms with Gasteiger partial charge in [-0.15, -0.1) is 0 Å². The van der Waals surface area contributed by atoms with Gasteiger partial charge >= 0.3 is 17.9 Å². The molecule has 0 unspecified atom stereocenters. The van der Waals surface area contributed by atoms with Gasteiger partial charge in [0.25, 0.3) is 0 Å². The summed E-state index contributed by atoms with van der Waals surface area (Å²) in [4.78, 5) is 38.2. The van der Waals surface area contributed by atoms with E-state index < -0.39 is 6.10 Å². The van der Waals surface area contributed by atoms with E-state index >= 15 is 0 Å². The van der Waals surface area contributed by atoms with Crippen LogP contribution >= 0.6 is 0 Å².